The van der Waals surface area contributed by atoms with E-state index >= 15 is 0 Å². The first kappa shape index (κ1) is 11.9. The van der Waals surface area contributed by atoms with Crippen molar-refractivity contribution in [2.24, 2.45) is 0 Å². The van der Waals surface area contributed by atoms with Gasteiger partial charge in [-0.15, -0.1) is 0 Å². The molecule has 0 radical (unpaired) electrons. The van der Waals surface area contributed by atoms with Crippen LogP contribution in [-0.4, -0.2) is 48.8 Å². The highest BCUT2D eigenvalue weighted by Crippen LogP contribution is 2.09. The molecule has 15 heavy (non-hydrogen) atoms. The van der Waals surface area contributed by atoms with Crippen molar-refractivity contribution in [3.05, 3.63) is 0 Å². The Kier molecular flexibility index (Phi) is 4.05. The summed E-state index contributed by atoms with van der Waals surface area (Å²) in [5, 5.41) is 14.0. The number of carbonyl (C=O) groups is 2. The average molecular weight is 216 g/mol. The summed E-state index contributed by atoms with van der Waals surface area (Å²) in [4.78, 5) is 22.0. The molecule has 6 heteroatoms. The third-order valence-corrected chi connectivity index (χ3v) is 2.47. The van der Waals surface area contributed by atoms with E-state index in [1.165, 1.54) is 6.92 Å². The van der Waals surface area contributed by atoms with Gasteiger partial charge >= 0.3 is 5.97 Å². The zero-order valence-corrected chi connectivity index (χ0v) is 8.82. The summed E-state index contributed by atoms with van der Waals surface area (Å²) in [6, 6.07) is -1.21. The summed E-state index contributed by atoms with van der Waals surface area (Å²) in [5.74, 6) is -1.32. The molecular weight excluding hydrogens is 200 g/mol. The van der Waals surface area contributed by atoms with Crippen LogP contribution < -0.4 is 10.6 Å². The van der Waals surface area contributed by atoms with Crippen LogP contribution in [0.15, 0.2) is 0 Å². The van der Waals surface area contributed by atoms with E-state index in [1.807, 2.05) is 0 Å². The standard InChI is InChI=1S/C9H16N2O4/c1-5(9(13)14)11-8(12)7-3-6(15-2)4-10-7/h5-7,10H,3-4H2,1-2H3,(H,11,12)(H,13,14)/t5-,6?,7?/m0/s1. The lowest BCUT2D eigenvalue weighted by Crippen LogP contribution is -2.46. The summed E-state index contributed by atoms with van der Waals surface area (Å²) in [6.07, 6.45) is 0.607. The monoisotopic (exact) mass is 216 g/mol. The Balaban J connectivity index is 2.38. The minimum atomic E-state index is -1.04. The van der Waals surface area contributed by atoms with Gasteiger partial charge in [0.05, 0.1) is 12.1 Å². The van der Waals surface area contributed by atoms with Crippen molar-refractivity contribution < 1.29 is 19.4 Å². The van der Waals surface area contributed by atoms with Crippen LogP contribution in [0.4, 0.5) is 0 Å². The number of aliphatic carboxylic acids is 1. The molecule has 0 aromatic heterocycles. The van der Waals surface area contributed by atoms with E-state index in [4.69, 9.17) is 9.84 Å². The maximum absolute atomic E-state index is 11.5. The molecule has 1 saturated heterocycles. The lowest BCUT2D eigenvalue weighted by molar-refractivity contribution is -0.141. The second-order valence-corrected chi connectivity index (χ2v) is 3.62. The van der Waals surface area contributed by atoms with Gasteiger partial charge in [-0.2, -0.15) is 0 Å². The quantitative estimate of drug-likeness (QED) is 0.558. The van der Waals surface area contributed by atoms with E-state index in [-0.39, 0.29) is 18.1 Å². The minimum absolute atomic E-state index is 0.0286. The van der Waals surface area contributed by atoms with Crippen molar-refractivity contribution in [2.75, 3.05) is 13.7 Å². The predicted octanol–water partition coefficient (Wildman–Crippen LogP) is -1.05. The summed E-state index contributed by atoms with van der Waals surface area (Å²) in [6.45, 7) is 2.05. The zero-order chi connectivity index (χ0) is 11.4. The molecule has 86 valence electrons. The SMILES string of the molecule is COC1CNC(C(=O)N[C@@H](C)C(=O)O)C1. The molecule has 0 saturated carbocycles. The molecule has 1 amide bonds. The Morgan fingerprint density at radius 1 is 1.60 bits per heavy atom. The molecule has 0 spiro atoms. The van der Waals surface area contributed by atoms with Gasteiger partial charge in [0.25, 0.3) is 0 Å². The molecule has 1 fully saturated rings. The maximum atomic E-state index is 11.5. The van der Waals surface area contributed by atoms with Gasteiger partial charge in [-0.25, -0.2) is 0 Å². The van der Waals surface area contributed by atoms with Crippen LogP contribution in [0.2, 0.25) is 0 Å². The van der Waals surface area contributed by atoms with E-state index in [2.05, 4.69) is 10.6 Å². The number of rotatable bonds is 4. The smallest absolute Gasteiger partial charge is 0.325 e. The Morgan fingerprint density at radius 3 is 2.73 bits per heavy atom. The molecule has 3 N–H and O–H groups in total. The highest BCUT2D eigenvalue weighted by atomic mass is 16.5. The number of carboxylic acid groups (broad SMARTS) is 1. The van der Waals surface area contributed by atoms with E-state index in [1.54, 1.807) is 7.11 Å². The highest BCUT2D eigenvalue weighted by Gasteiger charge is 2.30. The highest BCUT2D eigenvalue weighted by molar-refractivity contribution is 5.86. The fraction of sp³-hybridized carbons (Fsp3) is 0.778. The third-order valence-electron chi connectivity index (χ3n) is 2.47. The first-order chi connectivity index (χ1) is 7.04. The molecular formula is C9H16N2O4. The van der Waals surface area contributed by atoms with Gasteiger partial charge in [-0.05, 0) is 13.3 Å². The molecule has 1 rings (SSSR count). The number of hydrogen-bond acceptors (Lipinski definition) is 4. The van der Waals surface area contributed by atoms with Gasteiger partial charge in [0.1, 0.15) is 6.04 Å². The second-order valence-electron chi connectivity index (χ2n) is 3.62. The molecule has 0 aromatic rings. The van der Waals surface area contributed by atoms with Crippen molar-refractivity contribution in [2.45, 2.75) is 31.5 Å². The van der Waals surface area contributed by atoms with Crippen molar-refractivity contribution in [3.8, 4) is 0 Å². The van der Waals surface area contributed by atoms with Gasteiger partial charge in [-0.3, -0.25) is 9.59 Å². The van der Waals surface area contributed by atoms with Gasteiger partial charge in [0, 0.05) is 13.7 Å². The van der Waals surface area contributed by atoms with Crippen molar-refractivity contribution in [1.29, 1.82) is 0 Å². The largest absolute Gasteiger partial charge is 0.480 e. The normalized spacial score (nSPS) is 27.3. The molecule has 3 atom stereocenters. The van der Waals surface area contributed by atoms with Gasteiger partial charge < -0.3 is 20.5 Å². The number of methoxy groups -OCH3 is 1. The van der Waals surface area contributed by atoms with E-state index in [0.29, 0.717) is 13.0 Å². The van der Waals surface area contributed by atoms with E-state index < -0.39 is 12.0 Å². The average Bonchev–Trinajstić information content (AvgIpc) is 2.65. The van der Waals surface area contributed by atoms with E-state index in [9.17, 15) is 9.59 Å². The lowest BCUT2D eigenvalue weighted by atomic mass is 10.2. The maximum Gasteiger partial charge on any atom is 0.325 e. The molecule has 1 aliphatic heterocycles. The van der Waals surface area contributed by atoms with Crippen molar-refractivity contribution in [1.82, 2.24) is 10.6 Å². The van der Waals surface area contributed by atoms with Crippen LogP contribution in [0.5, 0.6) is 0 Å². The summed E-state index contributed by atoms with van der Waals surface area (Å²) < 4.78 is 5.09. The summed E-state index contributed by atoms with van der Waals surface area (Å²) in [7, 11) is 1.59. The van der Waals surface area contributed by atoms with Crippen LogP contribution in [0.25, 0.3) is 0 Å². The Labute approximate surface area is 88.0 Å². The Bertz CT molecular complexity index is 256. The second kappa shape index (κ2) is 5.09. The van der Waals surface area contributed by atoms with Crippen LogP contribution >= 0.6 is 0 Å². The topological polar surface area (TPSA) is 87.7 Å². The predicted molar refractivity (Wildman–Crippen MR) is 52.4 cm³/mol. The number of nitrogens with one attached hydrogen (secondary N) is 2. The minimum Gasteiger partial charge on any atom is -0.480 e. The first-order valence-electron chi connectivity index (χ1n) is 4.84. The van der Waals surface area contributed by atoms with Crippen LogP contribution in [0.3, 0.4) is 0 Å². The van der Waals surface area contributed by atoms with Gasteiger partial charge in [0.15, 0.2) is 0 Å². The lowest BCUT2D eigenvalue weighted by Gasteiger charge is -2.13. The third kappa shape index (κ3) is 3.17. The number of carbonyl (C=O) groups excluding carboxylic acids is 1. The number of ether oxygens (including phenoxy) is 1. The van der Waals surface area contributed by atoms with Crippen molar-refractivity contribution in [3.63, 3.8) is 0 Å². The van der Waals surface area contributed by atoms with E-state index in [0.717, 1.165) is 0 Å². The molecule has 2 unspecified atom stereocenters. The number of amides is 1. The zero-order valence-electron chi connectivity index (χ0n) is 8.82. The molecule has 0 bridgehead atoms. The molecule has 0 aliphatic carbocycles. The fourth-order valence-corrected chi connectivity index (χ4v) is 1.46. The Morgan fingerprint density at radius 2 is 2.27 bits per heavy atom. The molecule has 1 aliphatic rings. The van der Waals surface area contributed by atoms with Gasteiger partial charge in [-0.1, -0.05) is 0 Å². The van der Waals surface area contributed by atoms with Gasteiger partial charge in [0.2, 0.25) is 5.91 Å². The molecule has 1 heterocycles. The molecule has 6 nitrogen and oxygen atoms in total. The Hall–Kier alpha value is -1.14. The summed E-state index contributed by atoms with van der Waals surface area (Å²) in [5.41, 5.74) is 0. The fourth-order valence-electron chi connectivity index (χ4n) is 1.46. The van der Waals surface area contributed by atoms with Crippen molar-refractivity contribution >= 4 is 11.9 Å². The number of hydrogen-bond donors (Lipinski definition) is 3. The summed E-state index contributed by atoms with van der Waals surface area (Å²) >= 11 is 0. The number of carboxylic acids is 1. The van der Waals surface area contributed by atoms with Crippen LogP contribution in [0.1, 0.15) is 13.3 Å². The molecule has 0 aromatic carbocycles. The van der Waals surface area contributed by atoms with Crippen LogP contribution in [-0.2, 0) is 14.3 Å². The first-order valence-corrected chi connectivity index (χ1v) is 4.84. The van der Waals surface area contributed by atoms with Crippen LogP contribution in [0, 0.1) is 0 Å².